The van der Waals surface area contributed by atoms with Crippen molar-refractivity contribution >= 4 is 22.9 Å². The number of amides is 1. The second kappa shape index (κ2) is 5.76. The van der Waals surface area contributed by atoms with Gasteiger partial charge < -0.3 is 9.64 Å². The molecule has 6 nitrogen and oxygen atoms in total. The Hall–Kier alpha value is -2.41. The summed E-state index contributed by atoms with van der Waals surface area (Å²) in [5.74, 6) is 0.115. The molecule has 0 N–H and O–H groups in total. The molecule has 0 saturated carbocycles. The van der Waals surface area contributed by atoms with E-state index in [1.165, 1.54) is 30.2 Å². The number of hydrogen-bond donors (Lipinski definition) is 0. The van der Waals surface area contributed by atoms with E-state index in [9.17, 15) is 14.9 Å². The molecule has 1 aliphatic heterocycles. The smallest absolute Gasteiger partial charge is 0.270 e. The molecule has 0 unspecified atom stereocenters. The van der Waals surface area contributed by atoms with Crippen LogP contribution in [0.1, 0.15) is 20.8 Å². The second-order valence-corrected chi connectivity index (χ2v) is 5.99. The van der Waals surface area contributed by atoms with Gasteiger partial charge in [-0.25, -0.2) is 0 Å². The molecule has 1 aromatic heterocycles. The number of non-ortho nitro benzene ring substituents is 1. The molecule has 7 heteroatoms. The fourth-order valence-corrected chi connectivity index (χ4v) is 3.46. The molecule has 0 aliphatic carbocycles. The fourth-order valence-electron chi connectivity index (χ4n) is 2.57. The number of nitrogens with zero attached hydrogens (tertiary/aromatic N) is 2. The van der Waals surface area contributed by atoms with Crippen molar-refractivity contribution < 1.29 is 14.5 Å². The molecule has 2 aromatic rings. The van der Waals surface area contributed by atoms with Crippen molar-refractivity contribution in [3.8, 4) is 5.75 Å². The number of nitro groups is 1. The highest BCUT2D eigenvalue weighted by Crippen LogP contribution is 2.29. The zero-order chi connectivity index (χ0) is 15.7. The lowest BCUT2D eigenvalue weighted by molar-refractivity contribution is -0.384. The van der Waals surface area contributed by atoms with E-state index < -0.39 is 4.92 Å². The normalized spacial score (nSPS) is 13.6. The van der Waals surface area contributed by atoms with Crippen molar-refractivity contribution in [2.24, 2.45) is 0 Å². The predicted octanol–water partition coefficient (Wildman–Crippen LogP) is 2.86. The molecule has 1 amide bonds. The van der Waals surface area contributed by atoms with Gasteiger partial charge in [0.1, 0.15) is 5.75 Å². The lowest BCUT2D eigenvalue weighted by Gasteiger charge is -2.27. The van der Waals surface area contributed by atoms with Crippen LogP contribution >= 0.6 is 11.3 Å². The molecule has 2 heterocycles. The van der Waals surface area contributed by atoms with Crippen LogP contribution in [0.3, 0.4) is 0 Å². The number of carbonyl (C=O) groups excluding carboxylic acids is 1. The largest absolute Gasteiger partial charge is 0.496 e. The van der Waals surface area contributed by atoms with E-state index in [2.05, 4.69) is 0 Å². The molecule has 0 fully saturated rings. The Morgan fingerprint density at radius 2 is 2.23 bits per heavy atom. The first-order chi connectivity index (χ1) is 10.6. The molecular weight excluding hydrogens is 304 g/mol. The van der Waals surface area contributed by atoms with E-state index in [0.717, 1.165) is 12.0 Å². The van der Waals surface area contributed by atoms with Gasteiger partial charge in [-0.3, -0.25) is 14.9 Å². The van der Waals surface area contributed by atoms with Gasteiger partial charge >= 0.3 is 0 Å². The van der Waals surface area contributed by atoms with Crippen molar-refractivity contribution in [1.82, 2.24) is 4.90 Å². The van der Waals surface area contributed by atoms with Crippen LogP contribution in [-0.2, 0) is 13.0 Å². The number of methoxy groups -OCH3 is 1. The Bertz CT molecular complexity index is 741. The molecule has 114 valence electrons. The number of carbonyl (C=O) groups is 1. The first-order valence-electron chi connectivity index (χ1n) is 6.77. The third-order valence-electron chi connectivity index (χ3n) is 3.72. The van der Waals surface area contributed by atoms with Crippen molar-refractivity contribution in [3.63, 3.8) is 0 Å². The van der Waals surface area contributed by atoms with Gasteiger partial charge in [0.25, 0.3) is 11.6 Å². The summed E-state index contributed by atoms with van der Waals surface area (Å²) in [6.45, 7) is 1.14. The van der Waals surface area contributed by atoms with Gasteiger partial charge in [0.15, 0.2) is 0 Å². The maximum absolute atomic E-state index is 12.7. The van der Waals surface area contributed by atoms with Gasteiger partial charge in [-0.15, -0.1) is 11.3 Å². The number of fused-ring (bicyclic) bond motifs is 1. The lowest BCUT2D eigenvalue weighted by atomic mass is 10.1. The maximum atomic E-state index is 12.7. The third-order valence-corrected chi connectivity index (χ3v) is 4.74. The van der Waals surface area contributed by atoms with E-state index >= 15 is 0 Å². The van der Waals surface area contributed by atoms with Crippen LogP contribution in [0.5, 0.6) is 5.75 Å². The van der Waals surface area contributed by atoms with Gasteiger partial charge in [-0.05, 0) is 29.5 Å². The summed E-state index contributed by atoms with van der Waals surface area (Å²) in [4.78, 5) is 26.1. The molecule has 0 atom stereocenters. The summed E-state index contributed by atoms with van der Waals surface area (Å²) in [6, 6.07) is 6.10. The summed E-state index contributed by atoms with van der Waals surface area (Å²) in [5.41, 5.74) is 1.27. The van der Waals surface area contributed by atoms with Gasteiger partial charge in [-0.2, -0.15) is 0 Å². The molecule has 0 spiro atoms. The first kappa shape index (κ1) is 14.5. The van der Waals surface area contributed by atoms with Crippen molar-refractivity contribution in [1.29, 1.82) is 0 Å². The highest BCUT2D eigenvalue weighted by Gasteiger charge is 2.26. The maximum Gasteiger partial charge on any atom is 0.270 e. The topological polar surface area (TPSA) is 72.7 Å². The van der Waals surface area contributed by atoms with Gasteiger partial charge in [0.2, 0.25) is 0 Å². The summed E-state index contributed by atoms with van der Waals surface area (Å²) < 4.78 is 5.18. The summed E-state index contributed by atoms with van der Waals surface area (Å²) in [6.07, 6.45) is 0.815. The Morgan fingerprint density at radius 3 is 2.95 bits per heavy atom. The zero-order valence-electron chi connectivity index (χ0n) is 11.9. The van der Waals surface area contributed by atoms with Crippen LogP contribution in [0.4, 0.5) is 5.69 Å². The Balaban J connectivity index is 1.92. The van der Waals surface area contributed by atoms with Gasteiger partial charge in [0, 0.05) is 30.1 Å². The van der Waals surface area contributed by atoms with E-state index in [4.69, 9.17) is 4.74 Å². The molecule has 1 aromatic carbocycles. The Labute approximate surface area is 131 Å². The minimum Gasteiger partial charge on any atom is -0.496 e. The zero-order valence-corrected chi connectivity index (χ0v) is 12.8. The SMILES string of the molecule is COc1ccc([N+](=O)[O-])cc1C(=O)N1CCc2sccc2C1. The summed E-state index contributed by atoms with van der Waals surface area (Å²) in [7, 11) is 1.45. The average molecular weight is 318 g/mol. The van der Waals surface area contributed by atoms with Crippen LogP contribution in [-0.4, -0.2) is 29.4 Å². The second-order valence-electron chi connectivity index (χ2n) is 4.99. The van der Waals surface area contributed by atoms with Crippen LogP contribution < -0.4 is 4.74 Å². The van der Waals surface area contributed by atoms with Gasteiger partial charge in [0.05, 0.1) is 17.6 Å². The average Bonchev–Trinajstić information content (AvgIpc) is 3.00. The predicted molar refractivity (Wildman–Crippen MR) is 82.4 cm³/mol. The van der Waals surface area contributed by atoms with E-state index in [-0.39, 0.29) is 17.2 Å². The number of ether oxygens (including phenoxy) is 1. The van der Waals surface area contributed by atoms with Crippen LogP contribution in [0.25, 0.3) is 0 Å². The third kappa shape index (κ3) is 2.55. The van der Waals surface area contributed by atoms with Crippen LogP contribution in [0.2, 0.25) is 0 Å². The minimum atomic E-state index is -0.511. The lowest BCUT2D eigenvalue weighted by Crippen LogP contribution is -2.35. The Morgan fingerprint density at radius 1 is 1.41 bits per heavy atom. The molecular formula is C15H14N2O4S. The molecule has 0 bridgehead atoms. The summed E-state index contributed by atoms with van der Waals surface area (Å²) >= 11 is 1.70. The molecule has 1 aliphatic rings. The number of hydrogen-bond acceptors (Lipinski definition) is 5. The molecule has 0 radical (unpaired) electrons. The first-order valence-corrected chi connectivity index (χ1v) is 7.65. The Kier molecular flexibility index (Phi) is 3.81. The minimum absolute atomic E-state index is 0.114. The summed E-state index contributed by atoms with van der Waals surface area (Å²) in [5, 5.41) is 12.9. The van der Waals surface area contributed by atoms with Crippen molar-refractivity contribution in [2.45, 2.75) is 13.0 Å². The monoisotopic (exact) mass is 318 g/mol. The standard InChI is InChI=1S/C15H14N2O4S/c1-21-13-3-2-11(17(19)20)8-12(13)15(18)16-6-4-14-10(9-16)5-7-22-14/h2-3,5,7-8H,4,6,9H2,1H3. The quantitative estimate of drug-likeness (QED) is 0.644. The highest BCUT2D eigenvalue weighted by molar-refractivity contribution is 7.10. The van der Waals surface area contributed by atoms with E-state index in [1.54, 1.807) is 16.2 Å². The number of rotatable bonds is 3. The van der Waals surface area contributed by atoms with Crippen LogP contribution in [0.15, 0.2) is 29.6 Å². The van der Waals surface area contributed by atoms with Crippen molar-refractivity contribution in [2.75, 3.05) is 13.7 Å². The molecule has 0 saturated heterocycles. The fraction of sp³-hybridized carbons (Fsp3) is 0.267. The molecule has 3 rings (SSSR count). The highest BCUT2D eigenvalue weighted by atomic mass is 32.1. The number of nitro benzene ring substituents is 1. The van der Waals surface area contributed by atoms with Crippen molar-refractivity contribution in [3.05, 3.63) is 55.8 Å². The van der Waals surface area contributed by atoms with Gasteiger partial charge in [-0.1, -0.05) is 0 Å². The molecule has 22 heavy (non-hydrogen) atoms. The van der Waals surface area contributed by atoms with Crippen LogP contribution in [0, 0.1) is 10.1 Å². The van der Waals surface area contributed by atoms with E-state index in [1.807, 2.05) is 11.4 Å². The van der Waals surface area contributed by atoms with E-state index in [0.29, 0.717) is 18.8 Å². The number of thiophene rings is 1. The number of benzene rings is 1.